The topological polar surface area (TPSA) is 64.6 Å². The number of amides is 1. The molecule has 1 amide bonds. The van der Waals surface area contributed by atoms with Gasteiger partial charge in [-0.15, -0.1) is 11.3 Å². The molecular formula is C22H20FNO4S. The molecule has 3 aromatic rings. The van der Waals surface area contributed by atoms with Crippen molar-refractivity contribution in [3.05, 3.63) is 87.9 Å². The number of hydrogen-bond donors (Lipinski definition) is 1. The lowest BCUT2D eigenvalue weighted by molar-refractivity contribution is -0.148. The molecule has 0 saturated carbocycles. The highest BCUT2D eigenvalue weighted by Gasteiger charge is 2.19. The number of hydrogen-bond acceptors (Lipinski definition) is 5. The van der Waals surface area contributed by atoms with Crippen LogP contribution in [0.5, 0.6) is 5.75 Å². The van der Waals surface area contributed by atoms with Crippen LogP contribution in [0.3, 0.4) is 0 Å². The molecule has 5 nitrogen and oxygen atoms in total. The molecule has 0 bridgehead atoms. The van der Waals surface area contributed by atoms with E-state index in [1.807, 2.05) is 47.8 Å². The van der Waals surface area contributed by atoms with Gasteiger partial charge in [0, 0.05) is 4.88 Å². The largest absolute Gasteiger partial charge is 0.494 e. The van der Waals surface area contributed by atoms with Gasteiger partial charge in [0.25, 0.3) is 5.91 Å². The number of benzene rings is 2. The summed E-state index contributed by atoms with van der Waals surface area (Å²) in [7, 11) is 1.36. The van der Waals surface area contributed by atoms with E-state index in [0.717, 1.165) is 10.4 Å². The molecule has 0 aliphatic carbocycles. The van der Waals surface area contributed by atoms with Crippen LogP contribution < -0.4 is 10.1 Å². The molecule has 29 heavy (non-hydrogen) atoms. The number of carbonyl (C=O) groups is 2. The Hall–Kier alpha value is -3.19. The normalized spacial score (nSPS) is 11.5. The van der Waals surface area contributed by atoms with E-state index in [4.69, 9.17) is 9.47 Å². The van der Waals surface area contributed by atoms with Crippen molar-refractivity contribution in [2.24, 2.45) is 0 Å². The van der Waals surface area contributed by atoms with E-state index in [1.165, 1.54) is 30.6 Å². The minimum Gasteiger partial charge on any atom is -0.494 e. The predicted octanol–water partition coefficient (Wildman–Crippen LogP) is 3.89. The quantitative estimate of drug-likeness (QED) is 0.569. The Morgan fingerprint density at radius 1 is 1.10 bits per heavy atom. The van der Waals surface area contributed by atoms with E-state index in [1.54, 1.807) is 6.07 Å². The molecule has 1 atom stereocenters. The van der Waals surface area contributed by atoms with E-state index in [9.17, 15) is 14.0 Å². The zero-order valence-electron chi connectivity index (χ0n) is 15.8. The van der Waals surface area contributed by atoms with E-state index >= 15 is 0 Å². The Kier molecular flexibility index (Phi) is 6.97. The van der Waals surface area contributed by atoms with Crippen LogP contribution >= 0.6 is 11.3 Å². The Morgan fingerprint density at radius 3 is 2.55 bits per heavy atom. The van der Waals surface area contributed by atoms with Gasteiger partial charge in [-0.3, -0.25) is 9.59 Å². The maximum atomic E-state index is 13.7. The third-order valence-corrected chi connectivity index (χ3v) is 5.13. The maximum Gasteiger partial charge on any atom is 0.310 e. The molecule has 1 aromatic heterocycles. The summed E-state index contributed by atoms with van der Waals surface area (Å²) >= 11 is 1.53. The van der Waals surface area contributed by atoms with Crippen molar-refractivity contribution in [3.63, 3.8) is 0 Å². The van der Waals surface area contributed by atoms with Crippen LogP contribution in [-0.4, -0.2) is 25.6 Å². The highest BCUT2D eigenvalue weighted by molar-refractivity contribution is 7.10. The zero-order chi connectivity index (χ0) is 20.6. The molecule has 0 aliphatic heterocycles. The molecule has 150 valence electrons. The number of nitrogens with one attached hydrogen (secondary N) is 1. The summed E-state index contributed by atoms with van der Waals surface area (Å²) in [6.07, 6.45) is -0.138. The van der Waals surface area contributed by atoms with E-state index < -0.39 is 24.3 Å². The minimum atomic E-state index is -0.614. The van der Waals surface area contributed by atoms with Gasteiger partial charge in [-0.25, -0.2) is 4.39 Å². The van der Waals surface area contributed by atoms with Crippen molar-refractivity contribution in [2.45, 2.75) is 12.5 Å². The van der Waals surface area contributed by atoms with Crippen molar-refractivity contribution in [1.82, 2.24) is 5.32 Å². The second-order valence-electron chi connectivity index (χ2n) is 6.23. The van der Waals surface area contributed by atoms with Crippen molar-refractivity contribution < 1.29 is 23.5 Å². The van der Waals surface area contributed by atoms with Gasteiger partial charge in [0.1, 0.15) is 0 Å². The second kappa shape index (κ2) is 9.84. The third kappa shape index (κ3) is 5.65. The number of carbonyl (C=O) groups excluding carboxylic acids is 2. The Labute approximate surface area is 172 Å². The van der Waals surface area contributed by atoms with Crippen LogP contribution in [0.15, 0.2) is 66.0 Å². The monoisotopic (exact) mass is 413 g/mol. The SMILES string of the molecule is COc1ccc(CC(=O)OCC(=O)N[C@H](c2ccccc2)c2cccs2)cc1F. The Morgan fingerprint density at radius 2 is 1.90 bits per heavy atom. The van der Waals surface area contributed by atoms with Gasteiger partial charge < -0.3 is 14.8 Å². The summed E-state index contributed by atoms with van der Waals surface area (Å²) in [6.45, 7) is -0.411. The van der Waals surface area contributed by atoms with Gasteiger partial charge in [0.05, 0.1) is 19.6 Å². The molecule has 0 aliphatic rings. The molecule has 1 N–H and O–H groups in total. The molecular weight excluding hydrogens is 393 g/mol. The molecule has 0 radical (unpaired) electrons. The summed E-state index contributed by atoms with van der Waals surface area (Å²) < 4.78 is 23.6. The zero-order valence-corrected chi connectivity index (χ0v) is 16.6. The van der Waals surface area contributed by atoms with Crippen molar-refractivity contribution >= 4 is 23.2 Å². The van der Waals surface area contributed by atoms with Gasteiger partial charge in [-0.2, -0.15) is 0 Å². The molecule has 0 fully saturated rings. The van der Waals surface area contributed by atoms with Gasteiger partial charge in [-0.1, -0.05) is 42.5 Å². The van der Waals surface area contributed by atoms with Crippen LogP contribution in [0, 0.1) is 5.82 Å². The summed E-state index contributed by atoms with van der Waals surface area (Å²) in [6, 6.07) is 17.3. The number of esters is 1. The number of halogens is 1. The standard InChI is InChI=1S/C22H20FNO4S/c1-27-18-10-9-15(12-17(18)23)13-21(26)28-14-20(25)24-22(19-8-5-11-29-19)16-6-3-2-4-7-16/h2-12,22H,13-14H2,1H3,(H,24,25)/t22-/m1/s1. The molecule has 0 unspecified atom stereocenters. The van der Waals surface area contributed by atoms with Crippen LogP contribution in [0.1, 0.15) is 22.0 Å². The summed E-state index contributed by atoms with van der Waals surface area (Å²) in [5.41, 5.74) is 1.37. The van der Waals surface area contributed by atoms with E-state index in [2.05, 4.69) is 5.32 Å². The Bertz CT molecular complexity index is 960. The van der Waals surface area contributed by atoms with Gasteiger partial charge >= 0.3 is 5.97 Å². The number of ether oxygens (including phenoxy) is 2. The first-order chi connectivity index (χ1) is 14.1. The number of thiophene rings is 1. The van der Waals surface area contributed by atoms with E-state index in [0.29, 0.717) is 5.56 Å². The maximum absolute atomic E-state index is 13.7. The van der Waals surface area contributed by atoms with Crippen molar-refractivity contribution in [2.75, 3.05) is 13.7 Å². The lowest BCUT2D eigenvalue weighted by Gasteiger charge is -2.18. The lowest BCUT2D eigenvalue weighted by atomic mass is 10.1. The fraction of sp³-hybridized carbons (Fsp3) is 0.182. The molecule has 7 heteroatoms. The molecule has 1 heterocycles. The van der Waals surface area contributed by atoms with Crippen LogP contribution in [0.25, 0.3) is 0 Å². The van der Waals surface area contributed by atoms with Crippen LogP contribution in [0.2, 0.25) is 0 Å². The second-order valence-corrected chi connectivity index (χ2v) is 7.21. The number of methoxy groups -OCH3 is 1. The number of rotatable bonds is 8. The van der Waals surface area contributed by atoms with Gasteiger partial charge in [0.2, 0.25) is 0 Å². The average Bonchev–Trinajstić information content (AvgIpc) is 3.26. The van der Waals surface area contributed by atoms with E-state index in [-0.39, 0.29) is 18.2 Å². The molecule has 3 rings (SSSR count). The Balaban J connectivity index is 1.56. The van der Waals surface area contributed by atoms with Crippen molar-refractivity contribution in [3.8, 4) is 5.75 Å². The average molecular weight is 413 g/mol. The first-order valence-electron chi connectivity index (χ1n) is 8.92. The summed E-state index contributed by atoms with van der Waals surface area (Å²) in [5, 5.41) is 4.83. The predicted molar refractivity (Wildman–Crippen MR) is 108 cm³/mol. The summed E-state index contributed by atoms with van der Waals surface area (Å²) in [5.74, 6) is -1.49. The minimum absolute atomic E-state index is 0.0991. The lowest BCUT2D eigenvalue weighted by Crippen LogP contribution is -2.32. The first-order valence-corrected chi connectivity index (χ1v) is 9.80. The molecule has 2 aromatic carbocycles. The van der Waals surface area contributed by atoms with Crippen LogP contribution in [-0.2, 0) is 20.7 Å². The van der Waals surface area contributed by atoms with Crippen molar-refractivity contribution in [1.29, 1.82) is 0 Å². The third-order valence-electron chi connectivity index (χ3n) is 4.19. The highest BCUT2D eigenvalue weighted by Crippen LogP contribution is 2.25. The fourth-order valence-corrected chi connectivity index (χ4v) is 3.61. The van der Waals surface area contributed by atoms with Gasteiger partial charge in [0.15, 0.2) is 18.2 Å². The smallest absolute Gasteiger partial charge is 0.310 e. The summed E-state index contributed by atoms with van der Waals surface area (Å²) in [4.78, 5) is 25.3. The molecule has 0 saturated heterocycles. The highest BCUT2D eigenvalue weighted by atomic mass is 32.1. The molecule has 0 spiro atoms. The van der Waals surface area contributed by atoms with Gasteiger partial charge in [-0.05, 0) is 34.7 Å². The first kappa shape index (κ1) is 20.5. The van der Waals surface area contributed by atoms with Crippen LogP contribution in [0.4, 0.5) is 4.39 Å². The fourth-order valence-electron chi connectivity index (χ4n) is 2.81.